The lowest BCUT2D eigenvalue weighted by Gasteiger charge is -2.26. The van der Waals surface area contributed by atoms with Crippen molar-refractivity contribution in [3.8, 4) is 16.9 Å². The highest BCUT2D eigenvalue weighted by atomic mass is 16.5. The number of hydrogen-bond donors (Lipinski definition) is 2. The van der Waals surface area contributed by atoms with Crippen molar-refractivity contribution in [3.63, 3.8) is 0 Å². The number of benzene rings is 1. The van der Waals surface area contributed by atoms with E-state index in [0.29, 0.717) is 25.3 Å². The normalized spacial score (nSPS) is 15.4. The van der Waals surface area contributed by atoms with Crippen LogP contribution in [0.1, 0.15) is 21.5 Å². The van der Waals surface area contributed by atoms with Gasteiger partial charge < -0.3 is 20.1 Å². The lowest BCUT2D eigenvalue weighted by molar-refractivity contribution is 0.0383. The topological polar surface area (TPSA) is 88.6 Å². The van der Waals surface area contributed by atoms with Gasteiger partial charge in [-0.25, -0.2) is 4.98 Å². The van der Waals surface area contributed by atoms with Crippen LogP contribution >= 0.6 is 0 Å². The van der Waals surface area contributed by atoms with Crippen LogP contribution in [0.4, 0.5) is 5.82 Å². The zero-order valence-corrected chi connectivity index (χ0v) is 19.1. The van der Waals surface area contributed by atoms with Gasteiger partial charge in [0, 0.05) is 74.4 Å². The third kappa shape index (κ3) is 5.18. The van der Waals surface area contributed by atoms with Gasteiger partial charge in [-0.3, -0.25) is 14.7 Å². The van der Waals surface area contributed by atoms with Crippen LogP contribution in [0.2, 0.25) is 0 Å². The molecule has 8 heteroatoms. The number of aromatic nitrogens is 2. The summed E-state index contributed by atoms with van der Waals surface area (Å²) in [5.74, 6) is 1.66. The summed E-state index contributed by atoms with van der Waals surface area (Å²) in [5, 5.41) is 6.47. The van der Waals surface area contributed by atoms with Gasteiger partial charge in [-0.1, -0.05) is 12.1 Å². The summed E-state index contributed by atoms with van der Waals surface area (Å²) >= 11 is 0. The van der Waals surface area contributed by atoms with Crippen molar-refractivity contribution in [1.82, 2.24) is 20.2 Å². The number of morpholine rings is 1. The van der Waals surface area contributed by atoms with Crippen LogP contribution < -0.4 is 15.4 Å². The average Bonchev–Trinajstić information content (AvgIpc) is 3.39. The Labute approximate surface area is 199 Å². The second-order valence-electron chi connectivity index (χ2n) is 8.43. The van der Waals surface area contributed by atoms with E-state index in [-0.39, 0.29) is 5.91 Å². The van der Waals surface area contributed by atoms with Crippen LogP contribution in [0.5, 0.6) is 5.75 Å². The van der Waals surface area contributed by atoms with Crippen LogP contribution in [0.15, 0.2) is 55.0 Å². The van der Waals surface area contributed by atoms with E-state index in [9.17, 15) is 4.79 Å². The number of carbonyl (C=O) groups excluding carboxylic acids is 1. The number of carbonyl (C=O) groups is 1. The van der Waals surface area contributed by atoms with Crippen LogP contribution in [0.3, 0.4) is 0 Å². The first-order valence-corrected chi connectivity index (χ1v) is 11.7. The Hall–Kier alpha value is -3.49. The van der Waals surface area contributed by atoms with E-state index in [2.05, 4.69) is 25.5 Å². The summed E-state index contributed by atoms with van der Waals surface area (Å²) in [5.41, 5.74) is 4.80. The van der Waals surface area contributed by atoms with Gasteiger partial charge in [-0.05, 0) is 35.4 Å². The number of rotatable bonds is 8. The standard InChI is InChI=1S/C26H29N5O3/c32-26(28-9-10-31-11-14-33-15-12-31)21-3-1-2-19(16-21)17-29-25-22-6-13-34-24(22)23(18-30-25)20-4-7-27-8-5-20/h1-5,7-8,16,18H,6,9-15,17H2,(H,28,32)(H,29,30). The quantitative estimate of drug-likeness (QED) is 0.536. The highest BCUT2D eigenvalue weighted by Gasteiger charge is 2.22. The van der Waals surface area contributed by atoms with Gasteiger partial charge in [0.05, 0.1) is 19.8 Å². The fourth-order valence-electron chi connectivity index (χ4n) is 4.34. The van der Waals surface area contributed by atoms with E-state index in [0.717, 1.165) is 73.1 Å². The van der Waals surface area contributed by atoms with E-state index in [1.807, 2.05) is 42.6 Å². The average molecular weight is 460 g/mol. The second-order valence-corrected chi connectivity index (χ2v) is 8.43. The number of amides is 1. The van der Waals surface area contributed by atoms with Crippen LogP contribution in [-0.4, -0.2) is 66.8 Å². The Morgan fingerprint density at radius 2 is 1.94 bits per heavy atom. The molecule has 0 unspecified atom stereocenters. The van der Waals surface area contributed by atoms with Crippen molar-refractivity contribution in [3.05, 3.63) is 71.7 Å². The van der Waals surface area contributed by atoms with Crippen molar-refractivity contribution in [2.75, 3.05) is 51.3 Å². The zero-order chi connectivity index (χ0) is 23.2. The molecule has 2 aliphatic rings. The van der Waals surface area contributed by atoms with E-state index < -0.39 is 0 Å². The smallest absolute Gasteiger partial charge is 0.251 e. The number of nitrogens with zero attached hydrogens (tertiary/aromatic N) is 3. The fraction of sp³-hybridized carbons (Fsp3) is 0.346. The van der Waals surface area contributed by atoms with E-state index in [1.165, 1.54) is 0 Å². The Bertz CT molecular complexity index is 1130. The molecule has 1 aromatic carbocycles. The molecular formula is C26H29N5O3. The number of nitrogens with one attached hydrogen (secondary N) is 2. The minimum absolute atomic E-state index is 0.0516. The molecule has 0 spiro atoms. The number of pyridine rings is 2. The summed E-state index contributed by atoms with van der Waals surface area (Å²) in [6.07, 6.45) is 6.21. The molecule has 8 nitrogen and oxygen atoms in total. The third-order valence-corrected chi connectivity index (χ3v) is 6.18. The lowest BCUT2D eigenvalue weighted by atomic mass is 10.0. The largest absolute Gasteiger partial charge is 0.492 e. The van der Waals surface area contributed by atoms with Crippen molar-refractivity contribution in [2.45, 2.75) is 13.0 Å². The molecule has 0 aliphatic carbocycles. The van der Waals surface area contributed by atoms with Gasteiger partial charge in [-0.2, -0.15) is 0 Å². The highest BCUT2D eigenvalue weighted by Crippen LogP contribution is 2.39. The molecule has 2 aliphatic heterocycles. The molecule has 1 saturated heterocycles. The van der Waals surface area contributed by atoms with Crippen LogP contribution in [-0.2, 0) is 17.7 Å². The number of hydrogen-bond acceptors (Lipinski definition) is 7. The van der Waals surface area contributed by atoms with Crippen molar-refractivity contribution in [1.29, 1.82) is 0 Å². The molecule has 34 heavy (non-hydrogen) atoms. The zero-order valence-electron chi connectivity index (χ0n) is 19.1. The first-order valence-electron chi connectivity index (χ1n) is 11.7. The maximum atomic E-state index is 12.6. The molecule has 2 N–H and O–H groups in total. The first-order chi connectivity index (χ1) is 16.8. The van der Waals surface area contributed by atoms with Crippen LogP contribution in [0, 0.1) is 0 Å². The first kappa shape index (κ1) is 22.3. The van der Waals surface area contributed by atoms with E-state index >= 15 is 0 Å². The Kier molecular flexibility index (Phi) is 6.97. The summed E-state index contributed by atoms with van der Waals surface area (Å²) < 4.78 is 11.3. The molecule has 5 rings (SSSR count). The summed E-state index contributed by atoms with van der Waals surface area (Å²) in [4.78, 5) is 23.7. The maximum Gasteiger partial charge on any atom is 0.251 e. The van der Waals surface area contributed by atoms with Gasteiger partial charge in [0.1, 0.15) is 11.6 Å². The monoisotopic (exact) mass is 459 g/mol. The Morgan fingerprint density at radius 3 is 2.79 bits per heavy atom. The molecule has 1 amide bonds. The molecule has 0 atom stereocenters. The minimum atomic E-state index is -0.0516. The number of ether oxygens (including phenoxy) is 2. The summed E-state index contributed by atoms with van der Waals surface area (Å²) in [7, 11) is 0. The molecule has 0 bridgehead atoms. The molecule has 1 fully saturated rings. The molecule has 4 heterocycles. The van der Waals surface area contributed by atoms with Crippen molar-refractivity contribution < 1.29 is 14.3 Å². The summed E-state index contributed by atoms with van der Waals surface area (Å²) in [6, 6.07) is 11.6. The minimum Gasteiger partial charge on any atom is -0.492 e. The number of anilines is 1. The second kappa shape index (κ2) is 10.6. The van der Waals surface area contributed by atoms with Gasteiger partial charge in [0.2, 0.25) is 0 Å². The lowest BCUT2D eigenvalue weighted by Crippen LogP contribution is -2.41. The molecule has 0 radical (unpaired) electrons. The van der Waals surface area contributed by atoms with E-state index in [4.69, 9.17) is 9.47 Å². The van der Waals surface area contributed by atoms with E-state index in [1.54, 1.807) is 12.4 Å². The molecule has 2 aromatic heterocycles. The maximum absolute atomic E-state index is 12.6. The molecule has 3 aromatic rings. The molecule has 0 saturated carbocycles. The van der Waals surface area contributed by atoms with Crippen molar-refractivity contribution >= 4 is 11.7 Å². The number of fused-ring (bicyclic) bond motifs is 1. The van der Waals surface area contributed by atoms with Gasteiger partial charge in [0.25, 0.3) is 5.91 Å². The Balaban J connectivity index is 1.21. The molecule has 176 valence electrons. The van der Waals surface area contributed by atoms with Crippen LogP contribution in [0.25, 0.3) is 11.1 Å². The SMILES string of the molecule is O=C(NCCN1CCOCC1)c1cccc(CNc2ncc(-c3ccncc3)c3c2CCO3)c1. The third-order valence-electron chi connectivity index (χ3n) is 6.18. The predicted octanol–water partition coefficient (Wildman–Crippen LogP) is 2.75. The van der Waals surface area contributed by atoms with Gasteiger partial charge in [-0.15, -0.1) is 0 Å². The predicted molar refractivity (Wildman–Crippen MR) is 130 cm³/mol. The highest BCUT2D eigenvalue weighted by molar-refractivity contribution is 5.94. The summed E-state index contributed by atoms with van der Waals surface area (Å²) in [6.45, 7) is 6.05. The molecular weight excluding hydrogens is 430 g/mol. The van der Waals surface area contributed by atoms with Crippen molar-refractivity contribution in [2.24, 2.45) is 0 Å². The van der Waals surface area contributed by atoms with Gasteiger partial charge >= 0.3 is 0 Å². The van der Waals surface area contributed by atoms with Gasteiger partial charge in [0.15, 0.2) is 0 Å². The fourth-order valence-corrected chi connectivity index (χ4v) is 4.34. The Morgan fingerprint density at radius 1 is 1.09 bits per heavy atom.